The van der Waals surface area contributed by atoms with Crippen LogP contribution in [0.1, 0.15) is 33.4 Å². The normalized spacial score (nSPS) is 11.1. The zero-order chi connectivity index (χ0) is 37.4. The Kier molecular flexibility index (Phi) is 11.7. The third-order valence-electron chi connectivity index (χ3n) is 7.84. The Hall–Kier alpha value is -5.77. The van der Waals surface area contributed by atoms with Crippen LogP contribution in [0.25, 0.3) is 0 Å². The van der Waals surface area contributed by atoms with Crippen LogP contribution in [0.4, 0.5) is 0 Å². The summed E-state index contributed by atoms with van der Waals surface area (Å²) in [5.41, 5.74) is 5.67. The van der Waals surface area contributed by atoms with Crippen LogP contribution in [0, 0.1) is 41.5 Å². The van der Waals surface area contributed by atoms with Crippen LogP contribution in [0.2, 0.25) is 0 Å². The summed E-state index contributed by atoms with van der Waals surface area (Å²) in [5.74, 6) is 2.51. The summed E-state index contributed by atoms with van der Waals surface area (Å²) in [4.78, 5) is 16.5. The summed E-state index contributed by atoms with van der Waals surface area (Å²) in [6.07, 6.45) is 0. The van der Waals surface area contributed by atoms with E-state index in [9.17, 15) is 4.57 Å². The molecule has 0 saturated heterocycles. The molecule has 0 aromatic heterocycles. The molecule has 0 saturated carbocycles. The van der Waals surface area contributed by atoms with Crippen LogP contribution < -0.4 is 28.9 Å². The lowest BCUT2D eigenvalue weighted by molar-refractivity contribution is -0.238. The van der Waals surface area contributed by atoms with E-state index in [0.29, 0.717) is 28.6 Å². The van der Waals surface area contributed by atoms with Crippen molar-refractivity contribution in [2.75, 3.05) is 0 Å². The van der Waals surface area contributed by atoms with Gasteiger partial charge in [-0.05, 0) is 102 Å². The van der Waals surface area contributed by atoms with Crippen LogP contribution in [0.15, 0.2) is 127 Å². The topological polar surface area (TPSA) is 100 Å². The average molecular weight is 735 g/mol. The summed E-state index contributed by atoms with van der Waals surface area (Å²) in [6, 6.07) is 37.6. The first-order chi connectivity index (χ1) is 25.5. The Morgan fingerprint density at radius 1 is 0.358 bits per heavy atom. The predicted molar refractivity (Wildman–Crippen MR) is 200 cm³/mol. The Labute approximate surface area is 308 Å². The molecule has 53 heavy (non-hydrogen) atoms. The maximum Gasteiger partial charge on any atom is 0.583 e. The number of rotatable bonds is 15. The van der Waals surface area contributed by atoms with Gasteiger partial charge in [0.1, 0.15) is 23.0 Å². The van der Waals surface area contributed by atoms with Gasteiger partial charge in [0.05, 0.1) is 0 Å². The zero-order valence-electron chi connectivity index (χ0n) is 30.2. The fraction of sp³-hybridized carbons (Fsp3) is 0.143. The highest BCUT2D eigenvalue weighted by atomic mass is 31.2. The van der Waals surface area contributed by atoms with Crippen LogP contribution in [-0.2, 0) is 18.6 Å². The van der Waals surface area contributed by atoms with Crippen molar-refractivity contribution in [2.45, 2.75) is 41.5 Å². The minimum absolute atomic E-state index is 0.0774. The van der Waals surface area contributed by atoms with Crippen LogP contribution in [0.3, 0.4) is 0 Å². The highest BCUT2D eigenvalue weighted by Gasteiger charge is 2.37. The van der Waals surface area contributed by atoms with E-state index in [1.54, 1.807) is 60.7 Å². The van der Waals surface area contributed by atoms with Gasteiger partial charge >= 0.3 is 7.82 Å². The third kappa shape index (κ3) is 10.2. The second-order valence-corrected chi connectivity index (χ2v) is 13.8. The SMILES string of the molecule is Cc1ccc(OOP(=O)(OOc2ccc(C)cc2)OOc2cc(Oc3ccc(C)cc3)c(C)c(Oc3ccc(C)cc3)c2Oc2ccc(C)cc2)cc1. The van der Waals surface area contributed by atoms with Gasteiger partial charge in [-0.25, -0.2) is 4.57 Å². The van der Waals surface area contributed by atoms with Crippen molar-refractivity contribution >= 4 is 7.82 Å². The Morgan fingerprint density at radius 3 is 1.08 bits per heavy atom. The van der Waals surface area contributed by atoms with Crippen molar-refractivity contribution in [1.82, 2.24) is 0 Å². The molecule has 6 rings (SSSR count). The predicted octanol–water partition coefficient (Wildman–Crippen LogP) is 12.4. The van der Waals surface area contributed by atoms with Gasteiger partial charge in [0, 0.05) is 11.6 Å². The van der Waals surface area contributed by atoms with Gasteiger partial charge in [-0.2, -0.15) is 0 Å². The van der Waals surface area contributed by atoms with Gasteiger partial charge in [0.25, 0.3) is 0 Å². The molecule has 11 heteroatoms. The quantitative estimate of drug-likeness (QED) is 0.0575. The molecule has 0 aliphatic rings. The monoisotopic (exact) mass is 734 g/mol. The van der Waals surface area contributed by atoms with Crippen LogP contribution in [0.5, 0.6) is 51.7 Å². The first-order valence-electron chi connectivity index (χ1n) is 16.8. The molecule has 0 aliphatic heterocycles. The van der Waals surface area contributed by atoms with Gasteiger partial charge in [-0.15, -0.1) is 0 Å². The molecule has 0 bridgehead atoms. The Morgan fingerprint density at radius 2 is 0.679 bits per heavy atom. The zero-order valence-corrected chi connectivity index (χ0v) is 31.0. The van der Waals surface area contributed by atoms with E-state index in [-0.39, 0.29) is 28.7 Å². The molecule has 0 unspecified atom stereocenters. The Bertz CT molecular complexity index is 2110. The molecule has 0 N–H and O–H groups in total. The fourth-order valence-corrected chi connectivity index (χ4v) is 5.34. The lowest BCUT2D eigenvalue weighted by Crippen LogP contribution is -2.09. The summed E-state index contributed by atoms with van der Waals surface area (Å²) >= 11 is 0. The molecule has 0 fully saturated rings. The van der Waals surface area contributed by atoms with Crippen molar-refractivity contribution in [3.8, 4) is 51.7 Å². The van der Waals surface area contributed by atoms with E-state index >= 15 is 0 Å². The molecule has 0 spiro atoms. The largest absolute Gasteiger partial charge is 0.583 e. The molecular formula is C42H39O10P. The number of aryl methyl sites for hydroxylation is 5. The molecule has 6 aromatic carbocycles. The van der Waals surface area contributed by atoms with E-state index in [2.05, 4.69) is 0 Å². The maximum absolute atomic E-state index is 14.1. The van der Waals surface area contributed by atoms with E-state index < -0.39 is 7.82 Å². The number of phosphoric acid groups is 1. The number of benzene rings is 6. The number of hydrogen-bond donors (Lipinski definition) is 0. The number of ether oxygens (including phenoxy) is 3. The molecule has 10 nitrogen and oxygen atoms in total. The third-order valence-corrected chi connectivity index (χ3v) is 8.61. The summed E-state index contributed by atoms with van der Waals surface area (Å²) < 4.78 is 49.3. The van der Waals surface area contributed by atoms with Gasteiger partial charge in [0.2, 0.25) is 11.5 Å². The lowest BCUT2D eigenvalue weighted by atomic mass is 10.1. The molecule has 0 heterocycles. The molecule has 0 atom stereocenters. The van der Waals surface area contributed by atoms with Crippen molar-refractivity contribution in [3.05, 3.63) is 161 Å². The first-order valence-corrected chi connectivity index (χ1v) is 18.2. The maximum atomic E-state index is 14.1. The molecule has 0 amide bonds. The number of hydrogen-bond acceptors (Lipinski definition) is 10. The highest BCUT2D eigenvalue weighted by Crippen LogP contribution is 2.54. The minimum Gasteiger partial charge on any atom is -0.457 e. The van der Waals surface area contributed by atoms with E-state index in [1.165, 1.54) is 6.07 Å². The fourth-order valence-electron chi connectivity index (χ4n) is 4.74. The van der Waals surface area contributed by atoms with Crippen molar-refractivity contribution in [1.29, 1.82) is 0 Å². The van der Waals surface area contributed by atoms with Crippen molar-refractivity contribution in [3.63, 3.8) is 0 Å². The summed E-state index contributed by atoms with van der Waals surface area (Å²) in [6.45, 7) is 11.6. The minimum atomic E-state index is -4.84. The second kappa shape index (κ2) is 16.7. The van der Waals surface area contributed by atoms with E-state index in [4.69, 9.17) is 42.9 Å². The highest BCUT2D eigenvalue weighted by molar-refractivity contribution is 7.48. The van der Waals surface area contributed by atoms with Gasteiger partial charge in [-0.3, -0.25) is 0 Å². The van der Waals surface area contributed by atoms with Gasteiger partial charge in [-0.1, -0.05) is 103 Å². The van der Waals surface area contributed by atoms with Crippen molar-refractivity contribution in [2.24, 2.45) is 0 Å². The van der Waals surface area contributed by atoms with E-state index in [0.717, 1.165) is 27.8 Å². The first kappa shape index (κ1) is 37.0. The standard InChI is InChI=1S/C42H39O10P/c1-28-7-17-34(18-8-28)44-39-27-40(42(46-36-21-11-30(3)12-22-36)41(33(39)6)45-35-19-9-29(2)10-20-35)49-52-53(43,50-47-37-23-13-31(4)14-24-37)51-48-38-25-15-32(5)16-26-38/h7-27H,1-6H3. The van der Waals surface area contributed by atoms with Crippen molar-refractivity contribution < 1.29 is 47.5 Å². The van der Waals surface area contributed by atoms with Crippen LogP contribution in [-0.4, -0.2) is 0 Å². The van der Waals surface area contributed by atoms with Crippen LogP contribution >= 0.6 is 7.82 Å². The smallest absolute Gasteiger partial charge is 0.457 e. The van der Waals surface area contributed by atoms with Gasteiger partial charge in [0.15, 0.2) is 17.2 Å². The average Bonchev–Trinajstić information content (AvgIpc) is 3.16. The lowest BCUT2D eigenvalue weighted by Gasteiger charge is -2.21. The summed E-state index contributed by atoms with van der Waals surface area (Å²) in [5, 5.41) is 0. The van der Waals surface area contributed by atoms with Gasteiger partial charge < -0.3 is 28.9 Å². The molecule has 6 aromatic rings. The summed E-state index contributed by atoms with van der Waals surface area (Å²) in [7, 11) is -4.84. The molecule has 0 radical (unpaired) electrons. The van der Waals surface area contributed by atoms with E-state index in [1.807, 2.05) is 102 Å². The second-order valence-electron chi connectivity index (χ2n) is 12.4. The molecule has 0 aliphatic carbocycles. The molecule has 272 valence electrons. The Balaban J connectivity index is 1.40. The molecular weight excluding hydrogens is 695 g/mol.